The maximum atomic E-state index is 11.7. The summed E-state index contributed by atoms with van der Waals surface area (Å²) in [5.41, 5.74) is 0. The lowest BCUT2D eigenvalue weighted by Crippen LogP contribution is -2.25. The van der Waals surface area contributed by atoms with Gasteiger partial charge in [0.05, 0.1) is 0 Å². The van der Waals surface area contributed by atoms with E-state index in [1.807, 2.05) is 0 Å². The van der Waals surface area contributed by atoms with E-state index in [-0.39, 0.29) is 0 Å². The summed E-state index contributed by atoms with van der Waals surface area (Å²) in [6.45, 7) is -1.33. The minimum atomic E-state index is -4.18. The van der Waals surface area contributed by atoms with Crippen LogP contribution in [0.25, 0.3) is 0 Å². The molecule has 0 aliphatic carbocycles. The van der Waals surface area contributed by atoms with E-state index in [0.717, 1.165) is 6.92 Å². The molecule has 0 saturated carbocycles. The summed E-state index contributed by atoms with van der Waals surface area (Å²) in [6.07, 6.45) is -1.65. The molecule has 10 heteroatoms. The van der Waals surface area contributed by atoms with Crippen LogP contribution in [-0.2, 0) is 28.6 Å². The Hall–Kier alpha value is -0.320. The summed E-state index contributed by atoms with van der Waals surface area (Å²) in [5, 5.41) is 0. The Morgan fingerprint density at radius 3 is 1.50 bits per heavy atom. The molecule has 98 valence electrons. The molecule has 0 unspecified atom stereocenters. The van der Waals surface area contributed by atoms with E-state index in [0.29, 0.717) is 0 Å². The van der Waals surface area contributed by atoms with Crippen molar-refractivity contribution < 1.29 is 34.0 Å². The summed E-state index contributed by atoms with van der Waals surface area (Å²) < 4.78 is 75.3. The molecule has 0 aliphatic heterocycles. The number of halogens is 2. The normalized spacial score (nSPS) is 13.2. The summed E-state index contributed by atoms with van der Waals surface area (Å²) in [5.74, 6) is -1.80. The van der Waals surface area contributed by atoms with E-state index in [4.69, 9.17) is 0 Å². The van der Waals surface area contributed by atoms with Gasteiger partial charge in [0.15, 0.2) is 6.29 Å². The van der Waals surface area contributed by atoms with E-state index in [1.54, 1.807) is 0 Å². The first-order chi connectivity index (χ1) is 7.22. The van der Waals surface area contributed by atoms with Crippen molar-refractivity contribution in [1.29, 1.82) is 0 Å². The van der Waals surface area contributed by atoms with Gasteiger partial charge in [-0.25, -0.2) is 17.1 Å². The van der Waals surface area contributed by atoms with Gasteiger partial charge in [0, 0.05) is 0 Å². The molecular formula is C6H12F2O6S2. The van der Waals surface area contributed by atoms with Crippen molar-refractivity contribution in [3.05, 3.63) is 0 Å². The Balaban J connectivity index is 4.34. The third kappa shape index (κ3) is 7.04. The van der Waals surface area contributed by atoms with Gasteiger partial charge < -0.3 is 0 Å². The molecule has 0 spiro atoms. The number of rotatable bonds is 8. The van der Waals surface area contributed by atoms with Crippen molar-refractivity contribution >= 4 is 20.2 Å². The Labute approximate surface area is 92.8 Å². The van der Waals surface area contributed by atoms with Gasteiger partial charge in [0.25, 0.3) is 20.2 Å². The van der Waals surface area contributed by atoms with Crippen LogP contribution < -0.4 is 0 Å². The predicted molar refractivity (Wildman–Crippen MR) is 51.2 cm³/mol. The molecule has 0 N–H and O–H groups in total. The van der Waals surface area contributed by atoms with Gasteiger partial charge in [-0.15, -0.1) is 0 Å². The van der Waals surface area contributed by atoms with E-state index in [1.165, 1.54) is 0 Å². The van der Waals surface area contributed by atoms with Gasteiger partial charge in [-0.2, -0.15) is 16.8 Å². The first-order valence-corrected chi connectivity index (χ1v) is 7.32. The summed E-state index contributed by atoms with van der Waals surface area (Å²) in [4.78, 5) is 0. The fraction of sp³-hybridized carbons (Fsp3) is 1.00. The van der Waals surface area contributed by atoms with Gasteiger partial charge >= 0.3 is 0 Å². The van der Waals surface area contributed by atoms with E-state index >= 15 is 0 Å². The Morgan fingerprint density at radius 1 is 0.938 bits per heavy atom. The third-order valence-electron chi connectivity index (χ3n) is 1.22. The molecule has 0 aromatic carbocycles. The SMILES string of the molecule is CC(OS(=O)(=O)CCF)OS(=O)(=O)CCF. The van der Waals surface area contributed by atoms with Crippen LogP contribution in [0.1, 0.15) is 6.92 Å². The molecule has 0 atom stereocenters. The highest BCUT2D eigenvalue weighted by Crippen LogP contribution is 2.06. The fourth-order valence-corrected chi connectivity index (χ4v) is 2.24. The van der Waals surface area contributed by atoms with E-state index in [2.05, 4.69) is 8.37 Å². The summed E-state index contributed by atoms with van der Waals surface area (Å²) >= 11 is 0. The zero-order valence-corrected chi connectivity index (χ0v) is 10.1. The maximum Gasteiger partial charge on any atom is 0.272 e. The molecular weight excluding hydrogens is 270 g/mol. The average Bonchev–Trinajstić information content (AvgIpc) is 1.99. The molecule has 6 nitrogen and oxygen atoms in total. The Bertz CT molecular complexity index is 351. The van der Waals surface area contributed by atoms with Crippen molar-refractivity contribution in [2.45, 2.75) is 13.2 Å². The standard InChI is InChI=1S/C6H12F2O6S2/c1-6(13-15(9,10)4-2-7)14-16(11,12)5-3-8/h6H,2-5H2,1H3. The lowest BCUT2D eigenvalue weighted by molar-refractivity contribution is 0.0342. The lowest BCUT2D eigenvalue weighted by atomic mass is 10.8. The number of alkyl halides is 2. The van der Waals surface area contributed by atoms with E-state index in [9.17, 15) is 25.6 Å². The molecule has 0 rings (SSSR count). The first-order valence-electron chi connectivity index (χ1n) is 4.16. The maximum absolute atomic E-state index is 11.7. The largest absolute Gasteiger partial charge is 0.272 e. The van der Waals surface area contributed by atoms with Crippen molar-refractivity contribution in [3.63, 3.8) is 0 Å². The second kappa shape index (κ2) is 6.42. The minimum absolute atomic E-state index is 0.899. The van der Waals surface area contributed by atoms with Crippen molar-refractivity contribution in [2.24, 2.45) is 0 Å². The van der Waals surface area contributed by atoms with Gasteiger partial charge in [0.1, 0.15) is 24.9 Å². The quantitative estimate of drug-likeness (QED) is 0.459. The zero-order valence-electron chi connectivity index (χ0n) is 8.43. The van der Waals surface area contributed by atoms with Crippen LogP contribution in [0.2, 0.25) is 0 Å². The predicted octanol–water partition coefficient (Wildman–Crippen LogP) is -0.0358. The molecule has 0 aliphatic rings. The van der Waals surface area contributed by atoms with Crippen molar-refractivity contribution in [1.82, 2.24) is 0 Å². The minimum Gasteiger partial charge on any atom is -0.250 e. The van der Waals surface area contributed by atoms with Crippen LogP contribution in [0, 0.1) is 0 Å². The highest BCUT2D eigenvalue weighted by atomic mass is 32.2. The Kier molecular flexibility index (Phi) is 6.30. The van der Waals surface area contributed by atoms with Crippen LogP contribution in [0.15, 0.2) is 0 Å². The van der Waals surface area contributed by atoms with Gasteiger partial charge in [-0.1, -0.05) is 0 Å². The van der Waals surface area contributed by atoms with Crippen LogP contribution in [-0.4, -0.2) is 48.0 Å². The van der Waals surface area contributed by atoms with Gasteiger partial charge in [-0.3, -0.25) is 0 Å². The topological polar surface area (TPSA) is 86.7 Å². The molecule has 16 heavy (non-hydrogen) atoms. The second-order valence-corrected chi connectivity index (χ2v) is 6.09. The van der Waals surface area contributed by atoms with Crippen LogP contribution >= 0.6 is 0 Å². The molecule has 0 heterocycles. The monoisotopic (exact) mass is 282 g/mol. The molecule has 0 fully saturated rings. The average molecular weight is 282 g/mol. The molecule has 0 saturated heterocycles. The summed E-state index contributed by atoms with van der Waals surface area (Å²) in [7, 11) is -8.35. The van der Waals surface area contributed by atoms with Crippen LogP contribution in [0.4, 0.5) is 8.78 Å². The van der Waals surface area contributed by atoms with Gasteiger partial charge in [-0.05, 0) is 6.92 Å². The molecule has 0 bridgehead atoms. The molecule has 0 aromatic rings. The number of hydrogen-bond donors (Lipinski definition) is 0. The zero-order chi connectivity index (χ0) is 12.8. The van der Waals surface area contributed by atoms with E-state index < -0.39 is 51.4 Å². The van der Waals surface area contributed by atoms with Crippen molar-refractivity contribution in [2.75, 3.05) is 24.9 Å². The highest BCUT2D eigenvalue weighted by Gasteiger charge is 2.22. The summed E-state index contributed by atoms with van der Waals surface area (Å²) in [6, 6.07) is 0. The molecule has 0 amide bonds. The smallest absolute Gasteiger partial charge is 0.250 e. The first kappa shape index (κ1) is 15.7. The van der Waals surface area contributed by atoms with Gasteiger partial charge in [0.2, 0.25) is 0 Å². The molecule has 0 aromatic heterocycles. The van der Waals surface area contributed by atoms with Crippen molar-refractivity contribution in [3.8, 4) is 0 Å². The second-order valence-electron chi connectivity index (χ2n) is 2.66. The lowest BCUT2D eigenvalue weighted by Gasteiger charge is -2.12. The highest BCUT2D eigenvalue weighted by molar-refractivity contribution is 7.87. The Morgan fingerprint density at radius 2 is 1.25 bits per heavy atom. The number of hydrogen-bond acceptors (Lipinski definition) is 6. The van der Waals surface area contributed by atoms with Crippen LogP contribution in [0.5, 0.6) is 0 Å². The van der Waals surface area contributed by atoms with Crippen LogP contribution in [0.3, 0.4) is 0 Å². The molecule has 0 radical (unpaired) electrons. The fourth-order valence-electron chi connectivity index (χ4n) is 0.714. The third-order valence-corrected chi connectivity index (χ3v) is 3.66.